The van der Waals surface area contributed by atoms with Crippen molar-refractivity contribution in [2.24, 2.45) is 11.8 Å². The van der Waals surface area contributed by atoms with E-state index in [1.807, 2.05) is 17.5 Å². The van der Waals surface area contributed by atoms with Gasteiger partial charge >= 0.3 is 5.97 Å². The molecule has 1 aromatic carbocycles. The Hall–Kier alpha value is -2.65. The summed E-state index contributed by atoms with van der Waals surface area (Å²) in [6, 6.07) is 12.7. The van der Waals surface area contributed by atoms with Crippen LogP contribution in [0.3, 0.4) is 0 Å². The number of amides is 1. The Morgan fingerprint density at radius 3 is 2.84 bits per heavy atom. The number of carbonyl (C=O) groups is 2. The van der Waals surface area contributed by atoms with E-state index in [4.69, 9.17) is 4.74 Å². The third kappa shape index (κ3) is 4.91. The molecule has 5 nitrogen and oxygen atoms in total. The van der Waals surface area contributed by atoms with Crippen LogP contribution in [0.4, 0.5) is 5.69 Å². The van der Waals surface area contributed by atoms with E-state index in [2.05, 4.69) is 11.4 Å². The molecule has 3 rings (SSSR count). The third-order valence-corrected chi connectivity index (χ3v) is 4.84. The number of nitriles is 1. The summed E-state index contributed by atoms with van der Waals surface area (Å²) in [5, 5.41) is 14.0. The first-order valence-electron chi connectivity index (χ1n) is 8.16. The molecule has 1 saturated carbocycles. The van der Waals surface area contributed by atoms with Crippen LogP contribution >= 0.6 is 11.3 Å². The van der Waals surface area contributed by atoms with E-state index in [0.717, 1.165) is 17.7 Å². The van der Waals surface area contributed by atoms with Gasteiger partial charge in [0.15, 0.2) is 0 Å². The average Bonchev–Trinajstić information content (AvgIpc) is 3.36. The molecule has 1 aliphatic carbocycles. The second-order valence-electron chi connectivity index (χ2n) is 6.05. The Labute approximate surface area is 150 Å². The Morgan fingerprint density at radius 2 is 2.16 bits per heavy atom. The molecule has 0 aliphatic heterocycles. The van der Waals surface area contributed by atoms with Crippen molar-refractivity contribution in [2.75, 3.05) is 11.9 Å². The summed E-state index contributed by atoms with van der Waals surface area (Å²) in [7, 11) is 0. The monoisotopic (exact) mass is 354 g/mol. The highest BCUT2D eigenvalue weighted by molar-refractivity contribution is 7.09. The minimum absolute atomic E-state index is 0.00832. The van der Waals surface area contributed by atoms with E-state index in [9.17, 15) is 14.9 Å². The van der Waals surface area contributed by atoms with Gasteiger partial charge in [-0.05, 0) is 42.5 Å². The topological polar surface area (TPSA) is 79.2 Å². The lowest BCUT2D eigenvalue weighted by molar-refractivity contribution is -0.117. The number of nitrogens with one attached hydrogen (secondary N) is 1. The number of nitrogens with zero attached hydrogens (tertiary/aromatic N) is 1. The summed E-state index contributed by atoms with van der Waals surface area (Å²) in [6.07, 6.45) is 2.42. The standard InChI is InChI=1S/C19H18N2O3S/c20-11-13(9-17-5-2-8-25-17)12-24-19(23)15-3-1-4-16(10-15)21-18(22)14-6-7-14/h1-5,8,10,13-14H,6-7,9,12H2,(H,21,22)/t13-/m1/s1. The number of carbonyl (C=O) groups excluding carboxylic acids is 2. The molecule has 1 atom stereocenters. The number of rotatable bonds is 7. The fourth-order valence-corrected chi connectivity index (χ4v) is 3.17. The Morgan fingerprint density at radius 1 is 1.32 bits per heavy atom. The summed E-state index contributed by atoms with van der Waals surface area (Å²) in [4.78, 5) is 25.1. The third-order valence-electron chi connectivity index (χ3n) is 3.94. The lowest BCUT2D eigenvalue weighted by Gasteiger charge is -2.10. The quantitative estimate of drug-likeness (QED) is 0.770. The Balaban J connectivity index is 1.55. The lowest BCUT2D eigenvalue weighted by atomic mass is 10.1. The maximum absolute atomic E-state index is 12.2. The number of thiophene rings is 1. The van der Waals surface area contributed by atoms with Gasteiger partial charge < -0.3 is 10.1 Å². The highest BCUT2D eigenvalue weighted by Gasteiger charge is 2.29. The minimum Gasteiger partial charge on any atom is -0.461 e. The molecule has 128 valence electrons. The van der Waals surface area contributed by atoms with Crippen LogP contribution in [0.2, 0.25) is 0 Å². The number of benzene rings is 1. The predicted octanol–water partition coefficient (Wildman–Crippen LogP) is 3.64. The molecule has 0 bridgehead atoms. The smallest absolute Gasteiger partial charge is 0.338 e. The maximum atomic E-state index is 12.2. The van der Waals surface area contributed by atoms with Crippen LogP contribution in [0.15, 0.2) is 41.8 Å². The lowest BCUT2D eigenvalue weighted by Crippen LogP contribution is -2.16. The zero-order chi connectivity index (χ0) is 17.6. The molecule has 1 N–H and O–H groups in total. The molecule has 1 fully saturated rings. The van der Waals surface area contributed by atoms with Crippen molar-refractivity contribution in [3.63, 3.8) is 0 Å². The van der Waals surface area contributed by atoms with E-state index in [-0.39, 0.29) is 24.3 Å². The number of hydrogen-bond acceptors (Lipinski definition) is 5. The summed E-state index contributed by atoms with van der Waals surface area (Å²) >= 11 is 1.58. The zero-order valence-corrected chi connectivity index (χ0v) is 14.4. The highest BCUT2D eigenvalue weighted by Crippen LogP contribution is 2.30. The molecule has 1 amide bonds. The van der Waals surface area contributed by atoms with Crippen LogP contribution in [0.5, 0.6) is 0 Å². The summed E-state index contributed by atoms with van der Waals surface area (Å²) < 4.78 is 5.28. The van der Waals surface area contributed by atoms with Crippen molar-refractivity contribution in [3.05, 3.63) is 52.2 Å². The molecular weight excluding hydrogens is 336 g/mol. The average molecular weight is 354 g/mol. The SMILES string of the molecule is N#C[C@H](COC(=O)c1cccc(NC(=O)C2CC2)c1)Cc1cccs1. The summed E-state index contributed by atoms with van der Waals surface area (Å²) in [5.41, 5.74) is 0.947. The molecule has 2 aromatic rings. The first-order valence-corrected chi connectivity index (χ1v) is 9.03. The van der Waals surface area contributed by atoms with Crippen LogP contribution < -0.4 is 5.32 Å². The second-order valence-corrected chi connectivity index (χ2v) is 7.08. The van der Waals surface area contributed by atoms with Crippen molar-refractivity contribution in [1.82, 2.24) is 0 Å². The molecule has 0 radical (unpaired) electrons. The van der Waals surface area contributed by atoms with Crippen LogP contribution in [0.25, 0.3) is 0 Å². The molecule has 0 spiro atoms. The Kier molecular flexibility index (Phi) is 5.46. The minimum atomic E-state index is -0.492. The van der Waals surface area contributed by atoms with E-state index < -0.39 is 5.97 Å². The fourth-order valence-electron chi connectivity index (χ4n) is 2.39. The van der Waals surface area contributed by atoms with Gasteiger partial charge in [-0.3, -0.25) is 4.79 Å². The molecule has 25 heavy (non-hydrogen) atoms. The predicted molar refractivity (Wildman–Crippen MR) is 95.2 cm³/mol. The van der Waals surface area contributed by atoms with E-state index in [1.54, 1.807) is 35.6 Å². The molecule has 6 heteroatoms. The molecule has 1 aliphatic rings. The number of esters is 1. The van der Waals surface area contributed by atoms with Gasteiger partial charge in [-0.15, -0.1) is 11.3 Å². The normalized spacial score (nSPS) is 14.4. The molecule has 0 unspecified atom stereocenters. The fraction of sp³-hybridized carbons (Fsp3) is 0.316. The van der Waals surface area contributed by atoms with Gasteiger partial charge in [0.25, 0.3) is 0 Å². The summed E-state index contributed by atoms with van der Waals surface area (Å²) in [5.74, 6) is -0.774. The van der Waals surface area contributed by atoms with Crippen molar-refractivity contribution < 1.29 is 14.3 Å². The van der Waals surface area contributed by atoms with Crippen LogP contribution in [-0.2, 0) is 16.0 Å². The van der Waals surface area contributed by atoms with Crippen LogP contribution in [0, 0.1) is 23.2 Å². The van der Waals surface area contributed by atoms with Gasteiger partial charge in [-0.1, -0.05) is 12.1 Å². The van der Waals surface area contributed by atoms with Crippen molar-refractivity contribution >= 4 is 28.9 Å². The number of ether oxygens (including phenoxy) is 1. The zero-order valence-electron chi connectivity index (χ0n) is 13.6. The van der Waals surface area contributed by atoms with Gasteiger partial charge in [0.2, 0.25) is 5.91 Å². The number of hydrogen-bond donors (Lipinski definition) is 1. The van der Waals surface area contributed by atoms with Crippen molar-refractivity contribution in [2.45, 2.75) is 19.3 Å². The van der Waals surface area contributed by atoms with Gasteiger partial charge in [0.05, 0.1) is 17.6 Å². The maximum Gasteiger partial charge on any atom is 0.338 e. The van der Waals surface area contributed by atoms with E-state index in [1.165, 1.54) is 0 Å². The molecule has 0 saturated heterocycles. The molecule has 1 aromatic heterocycles. The highest BCUT2D eigenvalue weighted by atomic mass is 32.1. The van der Waals surface area contributed by atoms with Crippen molar-refractivity contribution in [3.8, 4) is 6.07 Å². The second kappa shape index (κ2) is 7.95. The van der Waals surface area contributed by atoms with Gasteiger partial charge in [0, 0.05) is 22.9 Å². The number of anilines is 1. The van der Waals surface area contributed by atoms with Gasteiger partial charge in [-0.25, -0.2) is 4.79 Å². The van der Waals surface area contributed by atoms with Crippen LogP contribution in [0.1, 0.15) is 28.1 Å². The van der Waals surface area contributed by atoms with Crippen molar-refractivity contribution in [1.29, 1.82) is 5.26 Å². The van der Waals surface area contributed by atoms with E-state index in [0.29, 0.717) is 17.7 Å². The molecule has 1 heterocycles. The van der Waals surface area contributed by atoms with Gasteiger partial charge in [0.1, 0.15) is 6.61 Å². The summed E-state index contributed by atoms with van der Waals surface area (Å²) in [6.45, 7) is 0.0475. The largest absolute Gasteiger partial charge is 0.461 e. The van der Waals surface area contributed by atoms with Crippen LogP contribution in [-0.4, -0.2) is 18.5 Å². The van der Waals surface area contributed by atoms with E-state index >= 15 is 0 Å². The first kappa shape index (κ1) is 17.2. The van der Waals surface area contributed by atoms with Gasteiger partial charge in [-0.2, -0.15) is 5.26 Å². The molecular formula is C19H18N2O3S. The Bertz CT molecular complexity index is 791. The first-order chi connectivity index (χ1) is 12.2.